The molecule has 1 aliphatic carbocycles. The molecule has 0 saturated heterocycles. The maximum absolute atomic E-state index is 12.1. The highest BCUT2D eigenvalue weighted by Crippen LogP contribution is 2.36. The third-order valence-corrected chi connectivity index (χ3v) is 5.35. The third kappa shape index (κ3) is 7.38. The molecule has 0 spiro atoms. The smallest absolute Gasteiger partial charge is 0.407 e. The lowest BCUT2D eigenvalue weighted by molar-refractivity contribution is -0.147. The van der Waals surface area contributed by atoms with Crippen molar-refractivity contribution in [1.29, 1.82) is 5.26 Å². The van der Waals surface area contributed by atoms with Gasteiger partial charge in [-0.2, -0.15) is 5.26 Å². The molecule has 0 fully saturated rings. The van der Waals surface area contributed by atoms with Crippen LogP contribution in [0.15, 0.2) is 0 Å². The van der Waals surface area contributed by atoms with E-state index in [4.69, 9.17) is 9.47 Å². The Morgan fingerprint density at radius 3 is 2.59 bits per heavy atom. The number of hydrogen-bond donors (Lipinski definition) is 2. The van der Waals surface area contributed by atoms with E-state index in [1.54, 1.807) is 20.8 Å². The predicted octanol–water partition coefficient (Wildman–Crippen LogP) is 3.29. The highest BCUT2D eigenvalue weighted by Gasteiger charge is 2.21. The van der Waals surface area contributed by atoms with Crippen molar-refractivity contribution in [3.63, 3.8) is 0 Å². The highest BCUT2D eigenvalue weighted by atomic mass is 32.1. The maximum Gasteiger partial charge on any atom is 0.407 e. The second-order valence-corrected chi connectivity index (χ2v) is 8.87. The van der Waals surface area contributed by atoms with Gasteiger partial charge in [0.15, 0.2) is 6.61 Å². The van der Waals surface area contributed by atoms with Crippen molar-refractivity contribution >= 4 is 34.3 Å². The Bertz CT molecular complexity index is 804. The van der Waals surface area contributed by atoms with Crippen LogP contribution >= 0.6 is 11.3 Å². The first-order chi connectivity index (χ1) is 13.7. The molecule has 0 saturated carbocycles. The molecule has 8 nitrogen and oxygen atoms in total. The van der Waals surface area contributed by atoms with Crippen LogP contribution in [0, 0.1) is 11.3 Å². The van der Waals surface area contributed by atoms with Crippen LogP contribution in [0.3, 0.4) is 0 Å². The number of alkyl carbamates (subject to hydrolysis) is 1. The molecule has 0 atom stereocenters. The summed E-state index contributed by atoms with van der Waals surface area (Å²) in [4.78, 5) is 36.5. The average Bonchev–Trinajstić information content (AvgIpc) is 2.78. The summed E-state index contributed by atoms with van der Waals surface area (Å²) in [6.07, 6.45) is 4.34. The summed E-state index contributed by atoms with van der Waals surface area (Å²) >= 11 is 1.43. The SMILES string of the molecule is CC(C)(C)OC(=O)NCCC(=O)OCC(=O)Nc1sc2c(c1C#N)CCCCC2. The minimum absolute atomic E-state index is 0.0472. The van der Waals surface area contributed by atoms with Crippen LogP contribution in [-0.2, 0) is 31.9 Å². The standard InChI is InChI=1S/C20H27N3O5S/c1-20(2,3)28-19(26)22-10-9-17(25)27-12-16(24)23-18-14(11-21)13-7-5-4-6-8-15(13)29-18/h4-10,12H2,1-3H3,(H,22,26)(H,23,24). The minimum Gasteiger partial charge on any atom is -0.456 e. The number of esters is 1. The normalized spacial score (nSPS) is 13.4. The van der Waals surface area contributed by atoms with Gasteiger partial charge in [-0.1, -0.05) is 6.42 Å². The molecule has 2 rings (SSSR count). The zero-order valence-corrected chi connectivity index (χ0v) is 17.9. The fourth-order valence-electron chi connectivity index (χ4n) is 2.91. The fraction of sp³-hybridized carbons (Fsp3) is 0.600. The molecule has 0 aliphatic heterocycles. The van der Waals surface area contributed by atoms with Crippen LogP contribution in [0.4, 0.5) is 9.80 Å². The quantitative estimate of drug-likeness (QED) is 0.538. The Morgan fingerprint density at radius 1 is 1.17 bits per heavy atom. The van der Waals surface area contributed by atoms with Crippen molar-refractivity contribution in [3.05, 3.63) is 16.0 Å². The van der Waals surface area contributed by atoms with Gasteiger partial charge in [-0.25, -0.2) is 4.79 Å². The summed E-state index contributed by atoms with van der Waals surface area (Å²) in [7, 11) is 0. The third-order valence-electron chi connectivity index (χ3n) is 4.15. The topological polar surface area (TPSA) is 118 Å². The largest absolute Gasteiger partial charge is 0.456 e. The zero-order chi connectivity index (χ0) is 21.4. The van der Waals surface area contributed by atoms with Crippen LogP contribution in [0.1, 0.15) is 62.5 Å². The number of nitrogens with zero attached hydrogens (tertiary/aromatic N) is 1. The molecule has 1 heterocycles. The van der Waals surface area contributed by atoms with Gasteiger partial charge >= 0.3 is 12.1 Å². The summed E-state index contributed by atoms with van der Waals surface area (Å²) in [6, 6.07) is 2.19. The Kier molecular flexibility index (Phi) is 8.02. The molecule has 158 valence electrons. The molecule has 1 aromatic rings. The first kappa shape index (κ1) is 22.7. The van der Waals surface area contributed by atoms with Gasteiger partial charge in [0.05, 0.1) is 12.0 Å². The lowest BCUT2D eigenvalue weighted by atomic mass is 10.1. The predicted molar refractivity (Wildman–Crippen MR) is 109 cm³/mol. The van der Waals surface area contributed by atoms with E-state index in [-0.39, 0.29) is 13.0 Å². The summed E-state index contributed by atoms with van der Waals surface area (Å²) in [5.41, 5.74) is 0.939. The Balaban J connectivity index is 1.77. The first-order valence-electron chi connectivity index (χ1n) is 9.66. The lowest BCUT2D eigenvalue weighted by Gasteiger charge is -2.19. The first-order valence-corrected chi connectivity index (χ1v) is 10.5. The molecule has 0 bridgehead atoms. The zero-order valence-electron chi connectivity index (χ0n) is 17.1. The van der Waals surface area contributed by atoms with Crippen molar-refractivity contribution in [2.75, 3.05) is 18.5 Å². The molecule has 1 aromatic heterocycles. The molecule has 29 heavy (non-hydrogen) atoms. The number of aryl methyl sites for hydroxylation is 1. The molecule has 0 radical (unpaired) electrons. The van der Waals surface area contributed by atoms with Crippen molar-refractivity contribution < 1.29 is 23.9 Å². The van der Waals surface area contributed by atoms with Crippen molar-refractivity contribution in [1.82, 2.24) is 5.32 Å². The molecule has 9 heteroatoms. The van der Waals surface area contributed by atoms with E-state index in [9.17, 15) is 19.6 Å². The highest BCUT2D eigenvalue weighted by molar-refractivity contribution is 7.16. The molecular weight excluding hydrogens is 394 g/mol. The number of nitrogens with one attached hydrogen (secondary N) is 2. The van der Waals surface area contributed by atoms with E-state index < -0.39 is 30.2 Å². The summed E-state index contributed by atoms with van der Waals surface area (Å²) < 4.78 is 9.99. The van der Waals surface area contributed by atoms with Crippen molar-refractivity contribution in [2.24, 2.45) is 0 Å². The number of amides is 2. The summed E-state index contributed by atoms with van der Waals surface area (Å²) in [6.45, 7) is 4.82. The number of carbonyl (C=O) groups is 3. The molecular formula is C20H27N3O5S. The number of anilines is 1. The number of rotatable bonds is 6. The molecule has 2 N–H and O–H groups in total. The Morgan fingerprint density at radius 2 is 1.90 bits per heavy atom. The average molecular weight is 422 g/mol. The Labute approximate surface area is 174 Å². The van der Waals surface area contributed by atoms with E-state index in [1.807, 2.05) is 0 Å². The van der Waals surface area contributed by atoms with Gasteiger partial charge in [-0.3, -0.25) is 9.59 Å². The molecule has 0 unspecified atom stereocenters. The monoisotopic (exact) mass is 421 g/mol. The van der Waals surface area contributed by atoms with Crippen LogP contribution in [0.25, 0.3) is 0 Å². The fourth-order valence-corrected chi connectivity index (χ4v) is 4.17. The molecule has 2 amide bonds. The second kappa shape index (κ2) is 10.3. The number of hydrogen-bond acceptors (Lipinski definition) is 7. The minimum atomic E-state index is -0.621. The van der Waals surface area contributed by atoms with Gasteiger partial charge in [-0.05, 0) is 52.0 Å². The number of nitriles is 1. The number of carbonyl (C=O) groups excluding carboxylic acids is 3. The molecule has 0 aromatic carbocycles. The maximum atomic E-state index is 12.1. The van der Waals surface area contributed by atoms with E-state index in [2.05, 4.69) is 16.7 Å². The lowest BCUT2D eigenvalue weighted by Crippen LogP contribution is -2.34. The van der Waals surface area contributed by atoms with Gasteiger partial charge in [0, 0.05) is 11.4 Å². The van der Waals surface area contributed by atoms with Gasteiger partial charge in [0.2, 0.25) is 0 Å². The Hall–Kier alpha value is -2.60. The summed E-state index contributed by atoms with van der Waals surface area (Å²) in [5, 5.41) is 15.1. The molecule has 1 aliphatic rings. The van der Waals surface area contributed by atoms with Gasteiger partial charge in [0.1, 0.15) is 16.7 Å². The van der Waals surface area contributed by atoms with Crippen LogP contribution in [0.5, 0.6) is 0 Å². The van der Waals surface area contributed by atoms with Crippen LogP contribution < -0.4 is 10.6 Å². The summed E-state index contributed by atoms with van der Waals surface area (Å²) in [5.74, 6) is -1.11. The van der Waals surface area contributed by atoms with Crippen molar-refractivity contribution in [3.8, 4) is 6.07 Å². The van der Waals surface area contributed by atoms with E-state index in [0.29, 0.717) is 10.6 Å². The number of thiophene rings is 1. The van der Waals surface area contributed by atoms with E-state index in [0.717, 1.165) is 42.5 Å². The number of ether oxygens (including phenoxy) is 2. The van der Waals surface area contributed by atoms with Gasteiger partial charge in [0.25, 0.3) is 5.91 Å². The van der Waals surface area contributed by atoms with Crippen LogP contribution in [-0.4, -0.2) is 36.7 Å². The second-order valence-electron chi connectivity index (χ2n) is 7.77. The van der Waals surface area contributed by atoms with E-state index in [1.165, 1.54) is 11.3 Å². The van der Waals surface area contributed by atoms with Gasteiger partial charge < -0.3 is 20.1 Å². The van der Waals surface area contributed by atoms with Crippen molar-refractivity contribution in [2.45, 2.75) is 64.9 Å². The van der Waals surface area contributed by atoms with Crippen LogP contribution in [0.2, 0.25) is 0 Å². The van der Waals surface area contributed by atoms with Gasteiger partial charge in [-0.15, -0.1) is 11.3 Å². The number of fused-ring (bicyclic) bond motifs is 1. The van der Waals surface area contributed by atoms with E-state index >= 15 is 0 Å².